The number of rotatable bonds is 6. The Labute approximate surface area is 128 Å². The molecule has 2 N–H and O–H groups in total. The van der Waals surface area contributed by atoms with E-state index >= 15 is 0 Å². The summed E-state index contributed by atoms with van der Waals surface area (Å²) in [6.45, 7) is 3.31. The first-order chi connectivity index (χ1) is 10.1. The predicted octanol–water partition coefficient (Wildman–Crippen LogP) is 2.55. The van der Waals surface area contributed by atoms with Crippen LogP contribution in [0.25, 0.3) is 0 Å². The molecule has 7 heteroatoms. The number of aromatic amines is 1. The second kappa shape index (κ2) is 7.08. The van der Waals surface area contributed by atoms with Gasteiger partial charge in [-0.2, -0.15) is 5.10 Å². The summed E-state index contributed by atoms with van der Waals surface area (Å²) in [6, 6.07) is 3.45. The van der Waals surface area contributed by atoms with Gasteiger partial charge in [-0.3, -0.25) is 9.89 Å². The molecule has 0 bridgehead atoms. The molecule has 21 heavy (non-hydrogen) atoms. The van der Waals surface area contributed by atoms with Crippen molar-refractivity contribution in [2.24, 2.45) is 0 Å². The second-order valence-corrected chi connectivity index (χ2v) is 5.13. The van der Waals surface area contributed by atoms with Crippen LogP contribution in [0.3, 0.4) is 0 Å². The minimum atomic E-state index is -0.221. The van der Waals surface area contributed by atoms with Crippen molar-refractivity contribution in [3.05, 3.63) is 40.8 Å². The van der Waals surface area contributed by atoms with Crippen LogP contribution in [0, 0.1) is 0 Å². The standard InChI is InChI=1S/C14H18ClN5O/c1-3-6-16-12-5-4-11(15)13(19-12)14(21)20(2)9-10-7-17-18-8-10/h4-5,7-8H,3,6,9H2,1-2H3,(H,16,19)(H,17,18). The summed E-state index contributed by atoms with van der Waals surface area (Å²) in [5, 5.41) is 10.1. The van der Waals surface area contributed by atoms with Crippen molar-refractivity contribution in [3.63, 3.8) is 0 Å². The van der Waals surface area contributed by atoms with Crippen LogP contribution in [0.1, 0.15) is 29.4 Å². The average molecular weight is 308 g/mol. The van der Waals surface area contributed by atoms with Gasteiger partial charge in [0.15, 0.2) is 0 Å². The van der Waals surface area contributed by atoms with Gasteiger partial charge in [-0.1, -0.05) is 18.5 Å². The van der Waals surface area contributed by atoms with E-state index in [1.54, 1.807) is 36.5 Å². The molecule has 0 fully saturated rings. The minimum absolute atomic E-state index is 0.221. The van der Waals surface area contributed by atoms with Crippen molar-refractivity contribution in [1.82, 2.24) is 20.1 Å². The van der Waals surface area contributed by atoms with Crippen molar-refractivity contribution < 1.29 is 4.79 Å². The van der Waals surface area contributed by atoms with Gasteiger partial charge in [-0.25, -0.2) is 4.98 Å². The monoisotopic (exact) mass is 307 g/mol. The summed E-state index contributed by atoms with van der Waals surface area (Å²) in [6.07, 6.45) is 4.41. The molecule has 0 radical (unpaired) electrons. The Morgan fingerprint density at radius 3 is 2.95 bits per heavy atom. The lowest BCUT2D eigenvalue weighted by Gasteiger charge is -2.17. The Hall–Kier alpha value is -2.08. The summed E-state index contributed by atoms with van der Waals surface area (Å²) < 4.78 is 0. The molecular weight excluding hydrogens is 290 g/mol. The van der Waals surface area contributed by atoms with E-state index in [2.05, 4.69) is 27.4 Å². The first kappa shape index (κ1) is 15.3. The number of aromatic nitrogens is 3. The molecular formula is C14H18ClN5O. The topological polar surface area (TPSA) is 73.9 Å². The van der Waals surface area contributed by atoms with Gasteiger partial charge >= 0.3 is 0 Å². The SMILES string of the molecule is CCCNc1ccc(Cl)c(C(=O)N(C)Cc2cn[nH]c2)n1. The van der Waals surface area contributed by atoms with Crippen LogP contribution in [0.5, 0.6) is 0 Å². The van der Waals surface area contributed by atoms with Crippen molar-refractivity contribution >= 4 is 23.3 Å². The lowest BCUT2D eigenvalue weighted by molar-refractivity contribution is 0.0779. The average Bonchev–Trinajstić information content (AvgIpc) is 2.98. The number of halogens is 1. The van der Waals surface area contributed by atoms with Crippen LogP contribution in [-0.2, 0) is 6.54 Å². The number of hydrogen-bond donors (Lipinski definition) is 2. The highest BCUT2D eigenvalue weighted by Gasteiger charge is 2.18. The van der Waals surface area contributed by atoms with Crippen molar-refractivity contribution in [3.8, 4) is 0 Å². The van der Waals surface area contributed by atoms with Crippen molar-refractivity contribution in [2.75, 3.05) is 18.9 Å². The Kier molecular flexibility index (Phi) is 5.16. The maximum absolute atomic E-state index is 12.4. The summed E-state index contributed by atoms with van der Waals surface area (Å²) in [5.41, 5.74) is 1.17. The maximum Gasteiger partial charge on any atom is 0.274 e. The van der Waals surface area contributed by atoms with Crippen LogP contribution >= 0.6 is 11.6 Å². The number of amides is 1. The fourth-order valence-corrected chi connectivity index (χ4v) is 2.02. The number of nitrogens with zero attached hydrogens (tertiary/aromatic N) is 3. The third kappa shape index (κ3) is 3.95. The Morgan fingerprint density at radius 1 is 1.48 bits per heavy atom. The molecule has 0 aliphatic heterocycles. The quantitative estimate of drug-likeness (QED) is 0.860. The highest BCUT2D eigenvalue weighted by Crippen LogP contribution is 2.19. The van der Waals surface area contributed by atoms with Crippen LogP contribution in [0.4, 0.5) is 5.82 Å². The number of H-pyrrole nitrogens is 1. The summed E-state index contributed by atoms with van der Waals surface area (Å²) in [7, 11) is 1.71. The summed E-state index contributed by atoms with van der Waals surface area (Å²) in [4.78, 5) is 18.3. The molecule has 0 saturated carbocycles. The van der Waals surface area contributed by atoms with Crippen LogP contribution in [-0.4, -0.2) is 39.6 Å². The third-order valence-electron chi connectivity index (χ3n) is 2.93. The largest absolute Gasteiger partial charge is 0.370 e. The van der Waals surface area contributed by atoms with E-state index < -0.39 is 0 Å². The highest BCUT2D eigenvalue weighted by atomic mass is 35.5. The molecule has 1 amide bonds. The number of carbonyl (C=O) groups excluding carboxylic acids is 1. The minimum Gasteiger partial charge on any atom is -0.370 e. The zero-order chi connectivity index (χ0) is 15.2. The lowest BCUT2D eigenvalue weighted by atomic mass is 10.2. The predicted molar refractivity (Wildman–Crippen MR) is 82.4 cm³/mol. The molecule has 0 aliphatic carbocycles. The van der Waals surface area contributed by atoms with E-state index in [0.717, 1.165) is 18.5 Å². The molecule has 0 unspecified atom stereocenters. The zero-order valence-electron chi connectivity index (χ0n) is 12.1. The maximum atomic E-state index is 12.4. The van der Waals surface area contributed by atoms with Gasteiger partial charge in [0.2, 0.25) is 0 Å². The molecule has 0 atom stereocenters. The lowest BCUT2D eigenvalue weighted by Crippen LogP contribution is -2.27. The van der Waals surface area contributed by atoms with Gasteiger partial charge in [-0.15, -0.1) is 0 Å². The second-order valence-electron chi connectivity index (χ2n) is 4.72. The van der Waals surface area contributed by atoms with E-state index in [0.29, 0.717) is 17.4 Å². The number of pyridine rings is 1. The Balaban J connectivity index is 2.13. The van der Waals surface area contributed by atoms with Crippen LogP contribution in [0.15, 0.2) is 24.5 Å². The molecule has 2 rings (SSSR count). The van der Waals surface area contributed by atoms with Crippen LogP contribution < -0.4 is 5.32 Å². The fraction of sp³-hybridized carbons (Fsp3) is 0.357. The first-order valence-electron chi connectivity index (χ1n) is 6.75. The molecule has 0 aromatic carbocycles. The summed E-state index contributed by atoms with van der Waals surface area (Å²) >= 11 is 6.09. The van der Waals surface area contributed by atoms with Crippen LogP contribution in [0.2, 0.25) is 5.02 Å². The number of hydrogen-bond acceptors (Lipinski definition) is 4. The first-order valence-corrected chi connectivity index (χ1v) is 7.13. The number of carbonyl (C=O) groups is 1. The molecule has 0 spiro atoms. The van der Waals surface area contributed by atoms with Crippen molar-refractivity contribution in [2.45, 2.75) is 19.9 Å². The number of anilines is 1. The zero-order valence-corrected chi connectivity index (χ0v) is 12.8. The molecule has 112 valence electrons. The van der Waals surface area contributed by atoms with Gasteiger partial charge < -0.3 is 10.2 Å². The summed E-state index contributed by atoms with van der Waals surface area (Å²) in [5.74, 6) is 0.433. The van der Waals surface area contributed by atoms with Gasteiger partial charge in [0, 0.05) is 31.9 Å². The Bertz CT molecular complexity index is 599. The highest BCUT2D eigenvalue weighted by molar-refractivity contribution is 6.33. The van der Waals surface area contributed by atoms with Crippen molar-refractivity contribution in [1.29, 1.82) is 0 Å². The molecule has 0 saturated heterocycles. The molecule has 0 aliphatic rings. The van der Waals surface area contributed by atoms with Gasteiger partial charge in [-0.05, 0) is 18.6 Å². The molecule has 6 nitrogen and oxygen atoms in total. The van der Waals surface area contributed by atoms with Gasteiger partial charge in [0.05, 0.1) is 11.2 Å². The van der Waals surface area contributed by atoms with E-state index in [-0.39, 0.29) is 11.6 Å². The molecule has 2 heterocycles. The van der Waals surface area contributed by atoms with Gasteiger partial charge in [0.25, 0.3) is 5.91 Å². The molecule has 2 aromatic heterocycles. The van der Waals surface area contributed by atoms with E-state index in [1.165, 1.54) is 0 Å². The Morgan fingerprint density at radius 2 is 2.29 bits per heavy atom. The van der Waals surface area contributed by atoms with E-state index in [1.807, 2.05) is 0 Å². The molecule has 2 aromatic rings. The van der Waals surface area contributed by atoms with Gasteiger partial charge in [0.1, 0.15) is 11.5 Å². The van der Waals surface area contributed by atoms with E-state index in [9.17, 15) is 4.79 Å². The smallest absolute Gasteiger partial charge is 0.274 e. The normalized spacial score (nSPS) is 10.4. The van der Waals surface area contributed by atoms with E-state index in [4.69, 9.17) is 11.6 Å². The fourth-order valence-electron chi connectivity index (χ4n) is 1.83. The number of nitrogens with one attached hydrogen (secondary N) is 2. The third-order valence-corrected chi connectivity index (χ3v) is 3.23.